The Labute approximate surface area is 248 Å². The second-order valence-electron chi connectivity index (χ2n) is 13.5. The van der Waals surface area contributed by atoms with E-state index in [9.17, 15) is 14.4 Å². The van der Waals surface area contributed by atoms with Crippen molar-refractivity contribution in [2.75, 3.05) is 13.7 Å². The highest BCUT2D eigenvalue weighted by molar-refractivity contribution is 5.89. The summed E-state index contributed by atoms with van der Waals surface area (Å²) in [7, 11) is 1.52. The fraction of sp³-hybridized carbons (Fsp3) is 0.645. The Morgan fingerprint density at radius 1 is 1.12 bits per heavy atom. The highest BCUT2D eigenvalue weighted by Crippen LogP contribution is 2.64. The molecule has 1 saturated heterocycles. The molecule has 2 aliphatic carbocycles. The zero-order chi connectivity index (χ0) is 30.8. The van der Waals surface area contributed by atoms with Crippen molar-refractivity contribution >= 4 is 29.3 Å². The van der Waals surface area contributed by atoms with Crippen molar-refractivity contribution in [2.45, 2.75) is 89.5 Å². The van der Waals surface area contributed by atoms with E-state index in [-0.39, 0.29) is 36.6 Å². The zero-order valence-electron chi connectivity index (χ0n) is 25.0. The van der Waals surface area contributed by atoms with E-state index in [0.29, 0.717) is 42.3 Å². The van der Waals surface area contributed by atoms with Gasteiger partial charge in [0.05, 0.1) is 36.6 Å². The minimum Gasteiger partial charge on any atom is -0.497 e. The lowest BCUT2D eigenvalue weighted by atomic mass is 9.85. The molecule has 8 atom stereocenters. The van der Waals surface area contributed by atoms with Crippen molar-refractivity contribution in [1.82, 2.24) is 20.2 Å². The van der Waals surface area contributed by atoms with Gasteiger partial charge in [-0.1, -0.05) is 34.1 Å². The fourth-order valence-electron chi connectivity index (χ4n) is 6.65. The molecule has 2 saturated carbocycles. The third-order valence-electron chi connectivity index (χ3n) is 9.49. The van der Waals surface area contributed by atoms with Gasteiger partial charge in [-0.2, -0.15) is 0 Å². The summed E-state index contributed by atoms with van der Waals surface area (Å²) in [4.78, 5) is 49.8. The van der Waals surface area contributed by atoms with E-state index in [2.05, 4.69) is 15.3 Å². The second-order valence-corrected chi connectivity index (χ2v) is 13.5. The molecule has 2 amide bonds. The van der Waals surface area contributed by atoms with Crippen LogP contribution in [0.1, 0.15) is 65.0 Å². The first-order chi connectivity index (χ1) is 20.3. The molecule has 2 aromatic rings. The highest BCUT2D eigenvalue weighted by Gasteiger charge is 2.70. The van der Waals surface area contributed by atoms with E-state index in [4.69, 9.17) is 14.2 Å². The van der Waals surface area contributed by atoms with E-state index in [1.54, 1.807) is 25.1 Å². The Balaban J connectivity index is 1.40. The maximum Gasteiger partial charge on any atom is 0.408 e. The number of methoxy groups -OCH3 is 1. The van der Waals surface area contributed by atoms with Crippen LogP contribution in [-0.4, -0.2) is 77.0 Å². The number of alkyl halides is 2. The molecule has 10 nitrogen and oxygen atoms in total. The SMILES string of the molecule is COc1ccc2nc3c(nc2c1)O[C@H]1CN(C(=O)[C@H](C(C)(C)C)NC(=O)O[C@@H]2C[C@H]2CCCC2C3C2(F)F)[C@H](C=O)[C@@H]1C. The molecule has 1 aromatic heterocycles. The number of nitrogens with zero attached hydrogens (tertiary/aromatic N) is 3. The van der Waals surface area contributed by atoms with Gasteiger partial charge in [0, 0.05) is 17.9 Å². The van der Waals surface area contributed by atoms with E-state index in [1.165, 1.54) is 12.0 Å². The smallest absolute Gasteiger partial charge is 0.408 e. The van der Waals surface area contributed by atoms with Gasteiger partial charge in [0.15, 0.2) is 0 Å². The molecule has 2 aliphatic heterocycles. The first-order valence-corrected chi connectivity index (χ1v) is 15.0. The molecule has 1 N–H and O–H groups in total. The van der Waals surface area contributed by atoms with Crippen LogP contribution in [0, 0.1) is 23.2 Å². The topological polar surface area (TPSA) is 120 Å². The summed E-state index contributed by atoms with van der Waals surface area (Å²) in [6.45, 7) is 7.24. The van der Waals surface area contributed by atoms with Crippen LogP contribution in [0.2, 0.25) is 0 Å². The molecule has 2 bridgehead atoms. The quantitative estimate of drug-likeness (QED) is 0.501. The predicted molar refractivity (Wildman–Crippen MR) is 151 cm³/mol. The average molecular weight is 601 g/mol. The lowest BCUT2D eigenvalue weighted by molar-refractivity contribution is -0.139. The lowest BCUT2D eigenvalue weighted by Gasteiger charge is -2.34. The number of fused-ring (bicyclic) bond motifs is 7. The van der Waals surface area contributed by atoms with Crippen molar-refractivity contribution in [2.24, 2.45) is 23.2 Å². The molecular weight excluding hydrogens is 562 g/mol. The van der Waals surface area contributed by atoms with Gasteiger partial charge >= 0.3 is 6.09 Å². The Morgan fingerprint density at radius 3 is 2.58 bits per heavy atom. The summed E-state index contributed by atoms with van der Waals surface area (Å²) in [5.41, 5.74) is 0.246. The van der Waals surface area contributed by atoms with Crippen LogP contribution < -0.4 is 14.8 Å². The van der Waals surface area contributed by atoms with E-state index in [0.717, 1.165) is 0 Å². The number of nitrogens with one attached hydrogen (secondary N) is 1. The molecule has 3 heterocycles. The van der Waals surface area contributed by atoms with Crippen LogP contribution in [-0.2, 0) is 14.3 Å². The molecule has 2 unspecified atom stereocenters. The predicted octanol–water partition coefficient (Wildman–Crippen LogP) is 4.49. The van der Waals surface area contributed by atoms with Crippen LogP contribution in [0.25, 0.3) is 11.0 Å². The molecule has 0 radical (unpaired) electrons. The van der Waals surface area contributed by atoms with Crippen molar-refractivity contribution in [3.8, 4) is 11.6 Å². The molecule has 4 aliphatic rings. The van der Waals surface area contributed by atoms with Crippen LogP contribution in [0.5, 0.6) is 11.6 Å². The molecule has 12 heteroatoms. The first kappa shape index (κ1) is 29.5. The van der Waals surface area contributed by atoms with Gasteiger partial charge in [0.1, 0.15) is 36.0 Å². The number of rotatable bonds is 2. The number of ether oxygens (including phenoxy) is 3. The number of hydrogen-bond acceptors (Lipinski definition) is 8. The third kappa shape index (κ3) is 5.37. The number of aldehydes is 1. The number of aromatic nitrogens is 2. The Hall–Kier alpha value is -3.57. The molecule has 6 rings (SSSR count). The molecule has 1 aromatic carbocycles. The van der Waals surface area contributed by atoms with Crippen molar-refractivity contribution in [1.29, 1.82) is 0 Å². The summed E-state index contributed by atoms with van der Waals surface area (Å²) >= 11 is 0. The van der Waals surface area contributed by atoms with Crippen molar-refractivity contribution < 1.29 is 37.4 Å². The molecule has 0 spiro atoms. The van der Waals surface area contributed by atoms with Gasteiger partial charge in [-0.05, 0) is 42.7 Å². The van der Waals surface area contributed by atoms with Gasteiger partial charge in [-0.25, -0.2) is 23.5 Å². The largest absolute Gasteiger partial charge is 0.497 e. The number of alkyl carbamates (subject to hydrolysis) is 1. The van der Waals surface area contributed by atoms with Gasteiger partial charge < -0.3 is 29.2 Å². The number of hydrogen-bond donors (Lipinski definition) is 1. The molecule has 43 heavy (non-hydrogen) atoms. The van der Waals surface area contributed by atoms with Crippen LogP contribution in [0.4, 0.5) is 13.6 Å². The van der Waals surface area contributed by atoms with Crippen LogP contribution in [0.15, 0.2) is 18.2 Å². The second kappa shape index (κ2) is 10.6. The number of amides is 2. The van der Waals surface area contributed by atoms with Gasteiger partial charge in [-0.3, -0.25) is 4.79 Å². The molecular formula is C31H38F2N4O6. The summed E-state index contributed by atoms with van der Waals surface area (Å²) in [6, 6.07) is 3.20. The summed E-state index contributed by atoms with van der Waals surface area (Å²) in [5.74, 6) is -5.42. The monoisotopic (exact) mass is 600 g/mol. The Kier molecular flexibility index (Phi) is 7.24. The molecule has 3 fully saturated rings. The standard InChI is InChI=1S/C31H38F2N4O6/c1-15-21(14-38)37-13-23(15)42-27-25(34-19-10-9-17(41-5)12-20(19)35-27)24-18(31(24,32)33)8-6-7-16-11-22(16)43-29(40)36-26(28(37)39)30(2,3)4/h9-10,12,14-16,18,21-24,26H,6-8,11,13H2,1-5H3,(H,36,40)/t15-,16+,18?,21+,22+,23-,24?,26+/m0/s1. The summed E-state index contributed by atoms with van der Waals surface area (Å²) < 4.78 is 48.0. The molecule has 232 valence electrons. The Morgan fingerprint density at radius 2 is 1.88 bits per heavy atom. The summed E-state index contributed by atoms with van der Waals surface area (Å²) in [5, 5.41) is 2.74. The van der Waals surface area contributed by atoms with Gasteiger partial charge in [0.25, 0.3) is 5.92 Å². The van der Waals surface area contributed by atoms with Crippen molar-refractivity contribution in [3.05, 3.63) is 23.9 Å². The van der Waals surface area contributed by atoms with Crippen LogP contribution in [0.3, 0.4) is 0 Å². The van der Waals surface area contributed by atoms with E-state index in [1.807, 2.05) is 20.8 Å². The third-order valence-corrected chi connectivity index (χ3v) is 9.49. The fourth-order valence-corrected chi connectivity index (χ4v) is 6.65. The number of halogens is 2. The number of benzene rings is 1. The van der Waals surface area contributed by atoms with E-state index < -0.39 is 59.3 Å². The highest BCUT2D eigenvalue weighted by atomic mass is 19.3. The first-order valence-electron chi connectivity index (χ1n) is 15.0. The maximum absolute atomic E-state index is 15.4. The average Bonchev–Trinajstić information content (AvgIpc) is 3.77. The Bertz CT molecular complexity index is 1450. The summed E-state index contributed by atoms with van der Waals surface area (Å²) in [6.07, 6.45) is 1.08. The van der Waals surface area contributed by atoms with E-state index >= 15 is 8.78 Å². The van der Waals surface area contributed by atoms with Crippen molar-refractivity contribution in [3.63, 3.8) is 0 Å². The van der Waals surface area contributed by atoms with Gasteiger partial charge in [-0.15, -0.1) is 0 Å². The zero-order valence-corrected chi connectivity index (χ0v) is 25.0. The van der Waals surface area contributed by atoms with Crippen LogP contribution >= 0.6 is 0 Å². The number of carbonyl (C=O) groups is 3. The lowest BCUT2D eigenvalue weighted by Crippen LogP contribution is -2.56. The van der Waals surface area contributed by atoms with Gasteiger partial charge in [0.2, 0.25) is 11.8 Å². The maximum atomic E-state index is 15.4. The normalized spacial score (nSPS) is 33.9. The minimum atomic E-state index is -2.98. The number of carbonyl (C=O) groups excluding carboxylic acids is 3. The minimum absolute atomic E-state index is 0.000824.